The molecule has 0 saturated carbocycles. The van der Waals surface area contributed by atoms with Crippen LogP contribution in [0.5, 0.6) is 0 Å². The molecular formula is C14H20N6O. The minimum atomic E-state index is 0.454. The van der Waals surface area contributed by atoms with Gasteiger partial charge in [0, 0.05) is 32.3 Å². The average Bonchev–Trinajstić information content (AvgIpc) is 3.09. The lowest BCUT2D eigenvalue weighted by Crippen LogP contribution is -2.39. The zero-order valence-corrected chi connectivity index (χ0v) is 12.4. The fourth-order valence-corrected chi connectivity index (χ4v) is 2.83. The quantitative estimate of drug-likeness (QED) is 0.820. The number of anilines is 1. The number of aromatic nitrogens is 4. The zero-order chi connectivity index (χ0) is 14.7. The first-order valence-corrected chi connectivity index (χ1v) is 7.24. The molecule has 1 saturated heterocycles. The van der Waals surface area contributed by atoms with Crippen LogP contribution in [0.4, 0.5) is 5.82 Å². The van der Waals surface area contributed by atoms with E-state index in [-0.39, 0.29) is 0 Å². The third-order valence-electron chi connectivity index (χ3n) is 3.73. The number of hydrogen-bond donors (Lipinski definition) is 0. The van der Waals surface area contributed by atoms with Crippen molar-refractivity contribution in [1.29, 1.82) is 0 Å². The summed E-state index contributed by atoms with van der Waals surface area (Å²) in [5, 5.41) is 16.1. The second-order valence-electron chi connectivity index (χ2n) is 5.48. The second-order valence-corrected chi connectivity index (χ2v) is 5.48. The second kappa shape index (κ2) is 6.17. The Bertz CT molecular complexity index is 572. The van der Waals surface area contributed by atoms with Crippen molar-refractivity contribution in [3.05, 3.63) is 30.1 Å². The summed E-state index contributed by atoms with van der Waals surface area (Å²) in [6, 6.07) is 4.41. The molecule has 1 aliphatic heterocycles. The Hall–Kier alpha value is -2.02. The average molecular weight is 288 g/mol. The first kappa shape index (κ1) is 13.9. The largest absolute Gasteiger partial charge is 0.424 e. The van der Waals surface area contributed by atoms with Gasteiger partial charge in [0.1, 0.15) is 0 Å². The molecule has 0 N–H and O–H groups in total. The molecule has 0 unspecified atom stereocenters. The van der Waals surface area contributed by atoms with E-state index in [0.29, 0.717) is 24.4 Å². The molecule has 0 aromatic carbocycles. The molecule has 0 bridgehead atoms. The molecule has 1 aliphatic rings. The van der Waals surface area contributed by atoms with E-state index in [2.05, 4.69) is 37.2 Å². The van der Waals surface area contributed by atoms with Crippen LogP contribution in [0.1, 0.15) is 24.6 Å². The monoisotopic (exact) mass is 288 g/mol. The van der Waals surface area contributed by atoms with E-state index in [0.717, 1.165) is 18.9 Å². The predicted octanol–water partition coefficient (Wildman–Crippen LogP) is 1.27. The van der Waals surface area contributed by atoms with Crippen LogP contribution < -0.4 is 4.90 Å². The van der Waals surface area contributed by atoms with Crippen molar-refractivity contribution >= 4 is 5.82 Å². The van der Waals surface area contributed by atoms with E-state index < -0.39 is 0 Å². The van der Waals surface area contributed by atoms with E-state index in [1.54, 1.807) is 6.20 Å². The SMILES string of the molecule is Cc1nnc(CN(C)C[C@H]2CCCN2c2cccnn2)o1. The van der Waals surface area contributed by atoms with Crippen molar-refractivity contribution in [3.63, 3.8) is 0 Å². The summed E-state index contributed by atoms with van der Waals surface area (Å²) >= 11 is 0. The van der Waals surface area contributed by atoms with Gasteiger partial charge in [0.15, 0.2) is 5.82 Å². The summed E-state index contributed by atoms with van der Waals surface area (Å²) < 4.78 is 5.43. The van der Waals surface area contributed by atoms with Crippen LogP contribution in [0.15, 0.2) is 22.7 Å². The standard InChI is InChI=1S/C14H20N6O/c1-11-16-18-14(21-11)10-19(2)9-12-5-4-8-20(12)13-6-3-7-15-17-13/h3,6-7,12H,4-5,8-10H2,1-2H3/t12-/m1/s1. The third kappa shape index (κ3) is 3.36. The number of nitrogens with zero attached hydrogens (tertiary/aromatic N) is 6. The van der Waals surface area contributed by atoms with Crippen LogP contribution in [-0.2, 0) is 6.54 Å². The molecule has 3 rings (SSSR count). The molecule has 7 nitrogen and oxygen atoms in total. The molecule has 112 valence electrons. The van der Waals surface area contributed by atoms with Gasteiger partial charge in [0.2, 0.25) is 11.8 Å². The summed E-state index contributed by atoms with van der Waals surface area (Å²) in [4.78, 5) is 4.55. The zero-order valence-electron chi connectivity index (χ0n) is 12.4. The van der Waals surface area contributed by atoms with E-state index in [9.17, 15) is 0 Å². The molecule has 3 heterocycles. The lowest BCUT2D eigenvalue weighted by molar-refractivity contribution is 0.269. The van der Waals surface area contributed by atoms with Crippen LogP contribution in [0.2, 0.25) is 0 Å². The van der Waals surface area contributed by atoms with Crippen molar-refractivity contribution in [1.82, 2.24) is 25.3 Å². The summed E-state index contributed by atoms with van der Waals surface area (Å²) in [5.41, 5.74) is 0. The molecule has 0 amide bonds. The maximum absolute atomic E-state index is 5.43. The Kier molecular flexibility index (Phi) is 4.10. The number of hydrogen-bond acceptors (Lipinski definition) is 7. The molecule has 1 atom stereocenters. The maximum atomic E-state index is 5.43. The Morgan fingerprint density at radius 1 is 1.38 bits per heavy atom. The molecule has 2 aromatic heterocycles. The topological polar surface area (TPSA) is 71.2 Å². The van der Waals surface area contributed by atoms with Crippen molar-refractivity contribution in [2.45, 2.75) is 32.4 Å². The van der Waals surface area contributed by atoms with Crippen LogP contribution >= 0.6 is 0 Å². The maximum Gasteiger partial charge on any atom is 0.230 e. The van der Waals surface area contributed by atoms with Crippen LogP contribution in [0.25, 0.3) is 0 Å². The summed E-state index contributed by atoms with van der Waals surface area (Å²) in [6.07, 6.45) is 4.07. The van der Waals surface area contributed by atoms with Gasteiger partial charge < -0.3 is 9.32 Å². The molecule has 7 heteroatoms. The van der Waals surface area contributed by atoms with Gasteiger partial charge in [-0.15, -0.1) is 15.3 Å². The molecule has 0 radical (unpaired) electrons. The van der Waals surface area contributed by atoms with Crippen molar-refractivity contribution in [2.75, 3.05) is 25.0 Å². The van der Waals surface area contributed by atoms with E-state index in [1.807, 2.05) is 19.1 Å². The normalized spacial score (nSPS) is 18.6. The highest BCUT2D eigenvalue weighted by molar-refractivity contribution is 5.39. The Morgan fingerprint density at radius 2 is 2.29 bits per heavy atom. The Morgan fingerprint density at radius 3 is 3.00 bits per heavy atom. The fourth-order valence-electron chi connectivity index (χ4n) is 2.83. The van der Waals surface area contributed by atoms with Crippen LogP contribution in [0, 0.1) is 6.92 Å². The minimum Gasteiger partial charge on any atom is -0.424 e. The minimum absolute atomic E-state index is 0.454. The Labute approximate surface area is 124 Å². The van der Waals surface area contributed by atoms with E-state index >= 15 is 0 Å². The molecule has 1 fully saturated rings. The van der Waals surface area contributed by atoms with Crippen molar-refractivity contribution < 1.29 is 4.42 Å². The lowest BCUT2D eigenvalue weighted by atomic mass is 10.2. The summed E-state index contributed by atoms with van der Waals surface area (Å²) in [7, 11) is 2.08. The van der Waals surface area contributed by atoms with Gasteiger partial charge >= 0.3 is 0 Å². The summed E-state index contributed by atoms with van der Waals surface area (Å²) in [6.45, 7) is 4.46. The van der Waals surface area contributed by atoms with Gasteiger partial charge in [-0.1, -0.05) is 0 Å². The van der Waals surface area contributed by atoms with Crippen molar-refractivity contribution in [2.24, 2.45) is 0 Å². The van der Waals surface area contributed by atoms with Gasteiger partial charge in [0.05, 0.1) is 6.54 Å². The molecule has 0 spiro atoms. The van der Waals surface area contributed by atoms with Gasteiger partial charge in [-0.25, -0.2) is 0 Å². The van der Waals surface area contributed by atoms with Gasteiger partial charge in [-0.3, -0.25) is 4.90 Å². The van der Waals surface area contributed by atoms with Gasteiger partial charge in [0.25, 0.3) is 0 Å². The van der Waals surface area contributed by atoms with E-state index in [4.69, 9.17) is 4.42 Å². The molecule has 0 aliphatic carbocycles. The highest BCUT2D eigenvalue weighted by Gasteiger charge is 2.27. The summed E-state index contributed by atoms with van der Waals surface area (Å²) in [5.74, 6) is 2.24. The lowest BCUT2D eigenvalue weighted by Gasteiger charge is -2.28. The molecule has 2 aromatic rings. The number of rotatable bonds is 5. The smallest absolute Gasteiger partial charge is 0.230 e. The highest BCUT2D eigenvalue weighted by atomic mass is 16.4. The first-order chi connectivity index (χ1) is 10.2. The number of aryl methyl sites for hydroxylation is 1. The third-order valence-corrected chi connectivity index (χ3v) is 3.73. The molecule has 21 heavy (non-hydrogen) atoms. The predicted molar refractivity (Wildman–Crippen MR) is 77.8 cm³/mol. The Balaban J connectivity index is 1.61. The van der Waals surface area contributed by atoms with Crippen LogP contribution in [-0.4, -0.2) is 51.5 Å². The van der Waals surface area contributed by atoms with Crippen molar-refractivity contribution in [3.8, 4) is 0 Å². The van der Waals surface area contributed by atoms with E-state index in [1.165, 1.54) is 12.8 Å². The first-order valence-electron chi connectivity index (χ1n) is 7.24. The van der Waals surface area contributed by atoms with Gasteiger partial charge in [-0.05, 0) is 32.0 Å². The van der Waals surface area contributed by atoms with Crippen LogP contribution in [0.3, 0.4) is 0 Å². The highest BCUT2D eigenvalue weighted by Crippen LogP contribution is 2.23. The fraction of sp³-hybridized carbons (Fsp3) is 0.571. The van der Waals surface area contributed by atoms with Gasteiger partial charge in [-0.2, -0.15) is 5.10 Å². The molecular weight excluding hydrogens is 268 g/mol. The number of likely N-dealkylation sites (N-methyl/N-ethyl adjacent to an activating group) is 1.